The third-order valence-corrected chi connectivity index (χ3v) is 5.47. The number of hydrogen-bond donors (Lipinski definition) is 1. The molecule has 0 spiro atoms. The van der Waals surface area contributed by atoms with E-state index in [2.05, 4.69) is 25.7 Å². The molecule has 2 fully saturated rings. The maximum absolute atomic E-state index is 6.10. The molecule has 2 rings (SSSR count). The second-order valence-electron chi connectivity index (χ2n) is 7.52. The van der Waals surface area contributed by atoms with Gasteiger partial charge in [0.05, 0.1) is 0 Å². The lowest BCUT2D eigenvalue weighted by molar-refractivity contribution is 0.0548. The Morgan fingerprint density at radius 3 is 2.17 bits per heavy atom. The molecular formula is C16H32N2. The summed E-state index contributed by atoms with van der Waals surface area (Å²) in [6, 6.07) is 0.661. The highest BCUT2D eigenvalue weighted by Crippen LogP contribution is 2.35. The van der Waals surface area contributed by atoms with E-state index in [0.717, 1.165) is 18.4 Å². The van der Waals surface area contributed by atoms with Crippen molar-refractivity contribution in [3.05, 3.63) is 0 Å². The van der Waals surface area contributed by atoms with Gasteiger partial charge in [0.2, 0.25) is 0 Å². The van der Waals surface area contributed by atoms with E-state index in [1.165, 1.54) is 51.6 Å². The Kier molecular flexibility index (Phi) is 4.71. The predicted octanol–water partition coefficient (Wildman–Crippen LogP) is 3.26. The van der Waals surface area contributed by atoms with Crippen molar-refractivity contribution >= 4 is 0 Å². The molecule has 1 aliphatic heterocycles. The molecule has 0 amide bonds. The maximum Gasteiger partial charge on any atom is 0.0246 e. The van der Waals surface area contributed by atoms with Gasteiger partial charge in [-0.1, -0.05) is 33.6 Å². The first-order chi connectivity index (χ1) is 8.52. The minimum Gasteiger partial charge on any atom is -0.329 e. The molecule has 1 atom stereocenters. The molecule has 1 saturated heterocycles. The van der Waals surface area contributed by atoms with Gasteiger partial charge in [-0.25, -0.2) is 0 Å². The lowest BCUT2D eigenvalue weighted by Crippen LogP contribution is -2.50. The highest BCUT2D eigenvalue weighted by molar-refractivity contribution is 4.88. The number of nitrogens with zero attached hydrogens (tertiary/aromatic N) is 1. The lowest BCUT2D eigenvalue weighted by atomic mass is 9.77. The van der Waals surface area contributed by atoms with Gasteiger partial charge in [0.1, 0.15) is 0 Å². The Morgan fingerprint density at radius 2 is 1.67 bits per heavy atom. The summed E-state index contributed by atoms with van der Waals surface area (Å²) in [6.45, 7) is 10.6. The van der Waals surface area contributed by atoms with Crippen LogP contribution in [0.5, 0.6) is 0 Å². The zero-order valence-electron chi connectivity index (χ0n) is 12.6. The Morgan fingerprint density at radius 1 is 1.11 bits per heavy atom. The molecule has 0 aromatic heterocycles. The summed E-state index contributed by atoms with van der Waals surface area (Å²) in [5.74, 6) is 1.81. The van der Waals surface area contributed by atoms with Crippen molar-refractivity contribution in [2.75, 3.05) is 19.6 Å². The molecule has 2 N–H and O–H groups in total. The number of hydrogen-bond acceptors (Lipinski definition) is 2. The number of likely N-dealkylation sites (tertiary alicyclic amines) is 1. The van der Waals surface area contributed by atoms with E-state index < -0.39 is 0 Å². The maximum atomic E-state index is 6.10. The first-order valence-corrected chi connectivity index (χ1v) is 7.96. The van der Waals surface area contributed by atoms with Gasteiger partial charge in [-0.15, -0.1) is 0 Å². The van der Waals surface area contributed by atoms with Gasteiger partial charge in [-0.3, -0.25) is 4.90 Å². The Labute approximate surface area is 113 Å². The molecule has 1 unspecified atom stereocenters. The van der Waals surface area contributed by atoms with Crippen molar-refractivity contribution in [3.63, 3.8) is 0 Å². The van der Waals surface area contributed by atoms with Crippen molar-refractivity contribution in [2.24, 2.45) is 23.0 Å². The van der Waals surface area contributed by atoms with E-state index in [1.807, 2.05) is 0 Å². The van der Waals surface area contributed by atoms with Crippen molar-refractivity contribution in [1.82, 2.24) is 4.90 Å². The SMILES string of the molecule is CC1CCC(C(CN)N2CCC(C)(C)CC2)CC1. The van der Waals surface area contributed by atoms with Gasteiger partial charge in [-0.05, 0) is 56.0 Å². The topological polar surface area (TPSA) is 29.3 Å². The van der Waals surface area contributed by atoms with Gasteiger partial charge in [0.15, 0.2) is 0 Å². The molecule has 1 aliphatic carbocycles. The molecule has 106 valence electrons. The second kappa shape index (κ2) is 5.92. The van der Waals surface area contributed by atoms with Gasteiger partial charge in [0, 0.05) is 12.6 Å². The molecule has 1 heterocycles. The van der Waals surface area contributed by atoms with E-state index in [9.17, 15) is 0 Å². The Hall–Kier alpha value is -0.0800. The Bertz CT molecular complexity index is 244. The minimum absolute atomic E-state index is 0.552. The van der Waals surface area contributed by atoms with E-state index in [-0.39, 0.29) is 0 Å². The number of rotatable bonds is 3. The Balaban J connectivity index is 1.89. The van der Waals surface area contributed by atoms with Crippen LogP contribution in [-0.2, 0) is 0 Å². The van der Waals surface area contributed by atoms with Crippen LogP contribution in [0.1, 0.15) is 59.3 Å². The van der Waals surface area contributed by atoms with Crippen LogP contribution in [0, 0.1) is 17.3 Å². The van der Waals surface area contributed by atoms with Crippen LogP contribution in [0.2, 0.25) is 0 Å². The molecular weight excluding hydrogens is 220 g/mol. The van der Waals surface area contributed by atoms with Crippen LogP contribution in [0.25, 0.3) is 0 Å². The molecule has 2 nitrogen and oxygen atoms in total. The van der Waals surface area contributed by atoms with Crippen LogP contribution in [0.3, 0.4) is 0 Å². The van der Waals surface area contributed by atoms with Gasteiger partial charge in [0.25, 0.3) is 0 Å². The second-order valence-corrected chi connectivity index (χ2v) is 7.52. The predicted molar refractivity (Wildman–Crippen MR) is 78.6 cm³/mol. The minimum atomic E-state index is 0.552. The van der Waals surface area contributed by atoms with Crippen LogP contribution in [-0.4, -0.2) is 30.6 Å². The third kappa shape index (κ3) is 3.48. The summed E-state index contributed by atoms with van der Waals surface area (Å²) >= 11 is 0. The average molecular weight is 252 g/mol. The highest BCUT2D eigenvalue weighted by atomic mass is 15.2. The highest BCUT2D eigenvalue weighted by Gasteiger charge is 2.33. The number of nitrogens with two attached hydrogens (primary N) is 1. The smallest absolute Gasteiger partial charge is 0.0246 e. The van der Waals surface area contributed by atoms with Crippen LogP contribution < -0.4 is 5.73 Å². The van der Waals surface area contributed by atoms with E-state index in [1.54, 1.807) is 0 Å². The summed E-state index contributed by atoms with van der Waals surface area (Å²) in [4.78, 5) is 2.70. The molecule has 1 saturated carbocycles. The summed E-state index contributed by atoms with van der Waals surface area (Å²) in [5.41, 5.74) is 6.65. The fourth-order valence-electron chi connectivity index (χ4n) is 3.77. The van der Waals surface area contributed by atoms with Gasteiger partial charge < -0.3 is 5.73 Å². The first-order valence-electron chi connectivity index (χ1n) is 7.96. The van der Waals surface area contributed by atoms with Crippen LogP contribution >= 0.6 is 0 Å². The van der Waals surface area contributed by atoms with Crippen molar-refractivity contribution in [3.8, 4) is 0 Å². The molecule has 0 bridgehead atoms. The largest absolute Gasteiger partial charge is 0.329 e. The molecule has 2 heteroatoms. The van der Waals surface area contributed by atoms with E-state index in [4.69, 9.17) is 5.73 Å². The van der Waals surface area contributed by atoms with Crippen LogP contribution in [0.4, 0.5) is 0 Å². The zero-order chi connectivity index (χ0) is 13.2. The van der Waals surface area contributed by atoms with Crippen molar-refractivity contribution < 1.29 is 0 Å². The summed E-state index contributed by atoms with van der Waals surface area (Å²) in [6.07, 6.45) is 8.33. The van der Waals surface area contributed by atoms with Crippen molar-refractivity contribution in [2.45, 2.75) is 65.3 Å². The molecule has 0 radical (unpaired) electrons. The fourth-order valence-corrected chi connectivity index (χ4v) is 3.77. The van der Waals surface area contributed by atoms with E-state index in [0.29, 0.717) is 11.5 Å². The summed E-state index contributed by atoms with van der Waals surface area (Å²) < 4.78 is 0. The standard InChI is InChI=1S/C16H32N2/c1-13-4-6-14(7-5-13)15(12-17)18-10-8-16(2,3)9-11-18/h13-15H,4-12,17H2,1-3H3. The summed E-state index contributed by atoms with van der Waals surface area (Å²) in [7, 11) is 0. The van der Waals surface area contributed by atoms with Gasteiger partial charge >= 0.3 is 0 Å². The average Bonchev–Trinajstić information content (AvgIpc) is 2.34. The zero-order valence-corrected chi connectivity index (χ0v) is 12.6. The third-order valence-electron chi connectivity index (χ3n) is 5.47. The van der Waals surface area contributed by atoms with Crippen molar-refractivity contribution in [1.29, 1.82) is 0 Å². The molecule has 2 aliphatic rings. The fraction of sp³-hybridized carbons (Fsp3) is 1.00. The molecule has 0 aromatic rings. The monoisotopic (exact) mass is 252 g/mol. The normalized spacial score (nSPS) is 35.3. The molecule has 18 heavy (non-hydrogen) atoms. The lowest BCUT2D eigenvalue weighted by Gasteiger charge is -2.44. The van der Waals surface area contributed by atoms with E-state index >= 15 is 0 Å². The van der Waals surface area contributed by atoms with Crippen LogP contribution in [0.15, 0.2) is 0 Å². The quantitative estimate of drug-likeness (QED) is 0.835. The summed E-state index contributed by atoms with van der Waals surface area (Å²) in [5, 5.41) is 0. The van der Waals surface area contributed by atoms with Gasteiger partial charge in [-0.2, -0.15) is 0 Å². The number of piperidine rings is 1. The molecule has 0 aromatic carbocycles. The first kappa shape index (κ1) is 14.3.